The van der Waals surface area contributed by atoms with Gasteiger partial charge in [-0.25, -0.2) is 4.68 Å². The van der Waals surface area contributed by atoms with E-state index in [2.05, 4.69) is 5.10 Å². The summed E-state index contributed by atoms with van der Waals surface area (Å²) in [4.78, 5) is 0. The second-order valence-electron chi connectivity index (χ2n) is 4.05. The number of aromatic nitrogens is 2. The first kappa shape index (κ1) is 12.0. The molecule has 0 radical (unpaired) electrons. The highest BCUT2D eigenvalue weighted by atomic mass is 35.5. The third-order valence-electron chi connectivity index (χ3n) is 2.25. The van der Waals surface area contributed by atoms with Crippen LogP contribution in [-0.2, 0) is 5.88 Å². The lowest BCUT2D eigenvalue weighted by Crippen LogP contribution is -2.05. The van der Waals surface area contributed by atoms with E-state index in [0.29, 0.717) is 5.88 Å². The maximum Gasteiger partial charge on any atom is 0.119 e. The third kappa shape index (κ3) is 3.01. The maximum atomic E-state index is 5.71. The Hall–Kier alpha value is -1.48. The predicted octanol–water partition coefficient (Wildman–Crippen LogP) is 3.40. The van der Waals surface area contributed by atoms with Gasteiger partial charge in [0.05, 0.1) is 23.4 Å². The van der Waals surface area contributed by atoms with Crippen LogP contribution >= 0.6 is 11.6 Å². The number of nitrogens with zero attached hydrogens (tertiary/aromatic N) is 2. The molecule has 17 heavy (non-hydrogen) atoms. The molecule has 4 heteroatoms. The number of ether oxygens (including phenoxy) is 1. The molecule has 1 heterocycles. The van der Waals surface area contributed by atoms with E-state index in [-0.39, 0.29) is 6.10 Å². The zero-order valence-electron chi connectivity index (χ0n) is 9.93. The highest BCUT2D eigenvalue weighted by Crippen LogP contribution is 2.16. The summed E-state index contributed by atoms with van der Waals surface area (Å²) in [5, 5.41) is 4.33. The van der Waals surface area contributed by atoms with Crippen LogP contribution in [-0.4, -0.2) is 15.9 Å². The molecule has 0 aliphatic heterocycles. The largest absolute Gasteiger partial charge is 0.491 e. The van der Waals surface area contributed by atoms with Gasteiger partial charge in [0.2, 0.25) is 0 Å². The van der Waals surface area contributed by atoms with Crippen molar-refractivity contribution in [1.29, 1.82) is 0 Å². The summed E-state index contributed by atoms with van der Waals surface area (Å²) in [5.74, 6) is 1.30. The van der Waals surface area contributed by atoms with E-state index in [0.717, 1.165) is 17.1 Å². The third-order valence-corrected chi connectivity index (χ3v) is 2.53. The quantitative estimate of drug-likeness (QED) is 0.778. The molecule has 1 aromatic heterocycles. The van der Waals surface area contributed by atoms with Crippen LogP contribution in [0.3, 0.4) is 0 Å². The van der Waals surface area contributed by atoms with Crippen molar-refractivity contribution in [3.63, 3.8) is 0 Å². The Balaban J connectivity index is 2.17. The van der Waals surface area contributed by atoms with Gasteiger partial charge in [-0.3, -0.25) is 0 Å². The van der Waals surface area contributed by atoms with Crippen LogP contribution in [0.2, 0.25) is 0 Å². The lowest BCUT2D eigenvalue weighted by Gasteiger charge is -2.10. The summed E-state index contributed by atoms with van der Waals surface area (Å²) in [6.45, 7) is 4.02. The van der Waals surface area contributed by atoms with Crippen molar-refractivity contribution in [3.8, 4) is 11.4 Å². The van der Waals surface area contributed by atoms with Gasteiger partial charge in [0, 0.05) is 6.20 Å². The van der Waals surface area contributed by atoms with Crippen LogP contribution in [0, 0.1) is 0 Å². The Bertz CT molecular complexity index is 476. The molecule has 0 amide bonds. The Morgan fingerprint density at radius 3 is 2.47 bits per heavy atom. The highest BCUT2D eigenvalue weighted by Gasteiger charge is 2.01. The molecule has 2 rings (SSSR count). The van der Waals surface area contributed by atoms with Gasteiger partial charge in [0.15, 0.2) is 0 Å². The summed E-state index contributed by atoms with van der Waals surface area (Å²) in [7, 11) is 0. The smallest absolute Gasteiger partial charge is 0.119 e. The molecule has 0 atom stereocenters. The molecular formula is C13H15ClN2O. The Morgan fingerprint density at radius 1 is 1.24 bits per heavy atom. The Morgan fingerprint density at radius 2 is 1.94 bits per heavy atom. The van der Waals surface area contributed by atoms with Crippen molar-refractivity contribution in [3.05, 3.63) is 42.2 Å². The van der Waals surface area contributed by atoms with Gasteiger partial charge in [-0.15, -0.1) is 11.6 Å². The highest BCUT2D eigenvalue weighted by molar-refractivity contribution is 6.16. The van der Waals surface area contributed by atoms with Gasteiger partial charge in [0.25, 0.3) is 0 Å². The zero-order valence-corrected chi connectivity index (χ0v) is 10.7. The first-order valence-corrected chi connectivity index (χ1v) is 6.10. The first-order valence-electron chi connectivity index (χ1n) is 5.56. The van der Waals surface area contributed by atoms with E-state index in [9.17, 15) is 0 Å². The normalized spacial score (nSPS) is 10.8. The molecule has 0 spiro atoms. The molecule has 1 aromatic carbocycles. The van der Waals surface area contributed by atoms with Crippen LogP contribution < -0.4 is 4.74 Å². The summed E-state index contributed by atoms with van der Waals surface area (Å²) in [6, 6.07) is 9.74. The van der Waals surface area contributed by atoms with Crippen molar-refractivity contribution >= 4 is 11.6 Å². The molecule has 0 N–H and O–H groups in total. The van der Waals surface area contributed by atoms with Crippen LogP contribution in [0.4, 0.5) is 0 Å². The Kier molecular flexibility index (Phi) is 3.69. The number of halogens is 1. The van der Waals surface area contributed by atoms with Gasteiger partial charge >= 0.3 is 0 Å². The summed E-state index contributed by atoms with van der Waals surface area (Å²) < 4.78 is 7.38. The van der Waals surface area contributed by atoms with Crippen molar-refractivity contribution in [2.75, 3.05) is 0 Å². The standard InChI is InChI=1S/C13H15ClN2O/c1-10(2)17-13-5-3-12(4-6-13)16-8-7-11(9-14)15-16/h3-8,10H,9H2,1-2H3. The molecule has 0 fully saturated rings. The molecule has 0 aliphatic rings. The second-order valence-corrected chi connectivity index (χ2v) is 4.31. The van der Waals surface area contributed by atoms with E-state index < -0.39 is 0 Å². The fourth-order valence-electron chi connectivity index (χ4n) is 1.53. The van der Waals surface area contributed by atoms with Crippen LogP contribution in [0.5, 0.6) is 5.75 Å². The molecule has 3 nitrogen and oxygen atoms in total. The van der Waals surface area contributed by atoms with E-state index in [1.165, 1.54) is 0 Å². The first-order chi connectivity index (χ1) is 8.19. The second kappa shape index (κ2) is 5.23. The fraction of sp³-hybridized carbons (Fsp3) is 0.308. The number of alkyl halides is 1. The lowest BCUT2D eigenvalue weighted by atomic mass is 10.3. The van der Waals surface area contributed by atoms with E-state index in [1.807, 2.05) is 50.4 Å². The van der Waals surface area contributed by atoms with E-state index in [4.69, 9.17) is 16.3 Å². The molecule has 0 saturated carbocycles. The molecule has 0 bridgehead atoms. The molecule has 2 aromatic rings. The number of hydrogen-bond acceptors (Lipinski definition) is 2. The van der Waals surface area contributed by atoms with Gasteiger partial charge < -0.3 is 4.74 Å². The number of hydrogen-bond donors (Lipinski definition) is 0. The summed E-state index contributed by atoms with van der Waals surface area (Å²) in [6.07, 6.45) is 2.09. The topological polar surface area (TPSA) is 27.1 Å². The fourth-order valence-corrected chi connectivity index (χ4v) is 1.67. The van der Waals surface area contributed by atoms with E-state index >= 15 is 0 Å². The average Bonchev–Trinajstić information content (AvgIpc) is 2.78. The van der Waals surface area contributed by atoms with Crippen molar-refractivity contribution < 1.29 is 4.74 Å². The maximum absolute atomic E-state index is 5.71. The summed E-state index contributed by atoms with van der Waals surface area (Å²) >= 11 is 5.71. The van der Waals surface area contributed by atoms with Crippen molar-refractivity contribution in [1.82, 2.24) is 9.78 Å². The van der Waals surface area contributed by atoms with Crippen LogP contribution in [0.25, 0.3) is 5.69 Å². The molecular weight excluding hydrogens is 236 g/mol. The van der Waals surface area contributed by atoms with Crippen molar-refractivity contribution in [2.45, 2.75) is 25.8 Å². The van der Waals surface area contributed by atoms with Gasteiger partial charge in [-0.05, 0) is 44.2 Å². The number of rotatable bonds is 4. The molecule has 0 unspecified atom stereocenters. The van der Waals surface area contributed by atoms with Crippen LogP contribution in [0.1, 0.15) is 19.5 Å². The SMILES string of the molecule is CC(C)Oc1ccc(-n2ccc(CCl)n2)cc1. The minimum Gasteiger partial charge on any atom is -0.491 e. The minimum absolute atomic E-state index is 0.188. The predicted molar refractivity (Wildman–Crippen MR) is 68.9 cm³/mol. The van der Waals surface area contributed by atoms with Crippen molar-refractivity contribution in [2.24, 2.45) is 0 Å². The van der Waals surface area contributed by atoms with Crippen LogP contribution in [0.15, 0.2) is 36.5 Å². The lowest BCUT2D eigenvalue weighted by molar-refractivity contribution is 0.242. The molecule has 90 valence electrons. The summed E-state index contributed by atoms with van der Waals surface area (Å²) in [5.41, 5.74) is 1.87. The zero-order chi connectivity index (χ0) is 12.3. The monoisotopic (exact) mass is 250 g/mol. The van der Waals surface area contributed by atoms with Gasteiger partial charge in [-0.2, -0.15) is 5.10 Å². The van der Waals surface area contributed by atoms with Gasteiger partial charge in [-0.1, -0.05) is 0 Å². The molecule has 0 aliphatic carbocycles. The molecule has 0 saturated heterocycles. The average molecular weight is 251 g/mol. The minimum atomic E-state index is 0.188. The number of benzene rings is 1. The van der Waals surface area contributed by atoms with Gasteiger partial charge in [0.1, 0.15) is 5.75 Å². The Labute approximate surface area is 106 Å². The van der Waals surface area contributed by atoms with E-state index in [1.54, 1.807) is 4.68 Å².